The van der Waals surface area contributed by atoms with Gasteiger partial charge in [0.15, 0.2) is 5.69 Å². The number of hydrogen-bond donors (Lipinski definition) is 2. The number of hydrogen-bond acceptors (Lipinski definition) is 3. The van der Waals surface area contributed by atoms with Crippen LogP contribution in [0, 0.1) is 5.92 Å². The lowest BCUT2D eigenvalue weighted by Crippen LogP contribution is -2.27. The van der Waals surface area contributed by atoms with E-state index in [9.17, 15) is 4.79 Å². The van der Waals surface area contributed by atoms with Crippen LogP contribution < -0.4 is 5.73 Å². The van der Waals surface area contributed by atoms with Crippen LogP contribution in [0.3, 0.4) is 0 Å². The van der Waals surface area contributed by atoms with Crippen LogP contribution in [0.2, 0.25) is 0 Å². The number of carboxylic acids is 1. The first-order valence-electron chi connectivity index (χ1n) is 6.09. The maximum atomic E-state index is 11.2. The maximum absolute atomic E-state index is 11.2. The van der Waals surface area contributed by atoms with Gasteiger partial charge in [0.1, 0.15) is 5.82 Å². The van der Waals surface area contributed by atoms with E-state index in [1.165, 1.54) is 0 Å². The van der Waals surface area contributed by atoms with Crippen molar-refractivity contribution in [3.63, 3.8) is 0 Å². The van der Waals surface area contributed by atoms with Crippen LogP contribution in [0.4, 0.5) is 0 Å². The predicted molar refractivity (Wildman–Crippen MR) is 63.9 cm³/mol. The van der Waals surface area contributed by atoms with Gasteiger partial charge in [0.2, 0.25) is 0 Å². The molecule has 0 saturated carbocycles. The van der Waals surface area contributed by atoms with Crippen LogP contribution in [0.5, 0.6) is 0 Å². The Bertz CT molecular complexity index is 437. The van der Waals surface area contributed by atoms with E-state index < -0.39 is 5.97 Å². The van der Waals surface area contributed by atoms with Crippen molar-refractivity contribution in [2.75, 3.05) is 0 Å². The smallest absolute Gasteiger partial charge is 0.356 e. The minimum absolute atomic E-state index is 0.118. The minimum Gasteiger partial charge on any atom is -0.476 e. The van der Waals surface area contributed by atoms with E-state index in [0.717, 1.165) is 37.2 Å². The highest BCUT2D eigenvalue weighted by atomic mass is 16.4. The number of carboxylic acid groups (broad SMARTS) is 1. The number of rotatable bonds is 3. The van der Waals surface area contributed by atoms with Crippen molar-refractivity contribution in [3.05, 3.63) is 17.2 Å². The summed E-state index contributed by atoms with van der Waals surface area (Å²) < 4.78 is 1.94. The molecule has 1 unspecified atom stereocenters. The molecule has 1 aliphatic heterocycles. The maximum Gasteiger partial charge on any atom is 0.356 e. The fraction of sp³-hybridized carbons (Fsp3) is 0.667. The number of aromatic nitrogens is 2. The highest BCUT2D eigenvalue weighted by molar-refractivity contribution is 5.87. The monoisotopic (exact) mass is 237 g/mol. The Labute approximate surface area is 101 Å². The Morgan fingerprint density at radius 2 is 2.35 bits per heavy atom. The van der Waals surface area contributed by atoms with E-state index in [-0.39, 0.29) is 11.9 Å². The predicted octanol–water partition coefficient (Wildman–Crippen LogP) is 1.57. The summed E-state index contributed by atoms with van der Waals surface area (Å²) in [5.74, 6) is 0.315. The summed E-state index contributed by atoms with van der Waals surface area (Å²) in [5, 5.41) is 9.16. The average molecular weight is 237 g/mol. The number of nitrogens with two attached hydrogens (primary N) is 1. The standard InChI is InChI=1S/C12H19N3O2/c1-7(2)6-10-14-11(12(16)17)8-4-3-5-9(13)15(8)10/h7,9H,3-6,13H2,1-2H3,(H,16,17). The second-order valence-electron chi connectivity index (χ2n) is 5.06. The lowest BCUT2D eigenvalue weighted by atomic mass is 10.1. The molecule has 0 radical (unpaired) electrons. The molecule has 0 bridgehead atoms. The Hall–Kier alpha value is -1.36. The fourth-order valence-electron chi connectivity index (χ4n) is 2.44. The highest BCUT2D eigenvalue weighted by Crippen LogP contribution is 2.27. The van der Waals surface area contributed by atoms with E-state index in [1.54, 1.807) is 0 Å². The van der Waals surface area contributed by atoms with Crippen molar-refractivity contribution in [1.82, 2.24) is 9.55 Å². The van der Waals surface area contributed by atoms with Crippen molar-refractivity contribution in [1.29, 1.82) is 0 Å². The summed E-state index contributed by atoms with van der Waals surface area (Å²) >= 11 is 0. The molecule has 0 fully saturated rings. The molecule has 3 N–H and O–H groups in total. The van der Waals surface area contributed by atoms with Gasteiger partial charge in [-0.25, -0.2) is 9.78 Å². The quantitative estimate of drug-likeness (QED) is 0.836. The second kappa shape index (κ2) is 4.49. The van der Waals surface area contributed by atoms with Gasteiger partial charge in [-0.2, -0.15) is 0 Å². The first-order valence-corrected chi connectivity index (χ1v) is 6.09. The Balaban J connectivity index is 2.49. The third-order valence-corrected chi connectivity index (χ3v) is 3.12. The lowest BCUT2D eigenvalue weighted by Gasteiger charge is -2.24. The lowest BCUT2D eigenvalue weighted by molar-refractivity contribution is 0.0689. The number of fused-ring (bicyclic) bond motifs is 1. The molecule has 5 nitrogen and oxygen atoms in total. The van der Waals surface area contributed by atoms with Gasteiger partial charge in [-0.1, -0.05) is 13.8 Å². The van der Waals surface area contributed by atoms with Crippen LogP contribution in [0.15, 0.2) is 0 Å². The Morgan fingerprint density at radius 3 is 2.94 bits per heavy atom. The van der Waals surface area contributed by atoms with Crippen molar-refractivity contribution >= 4 is 5.97 Å². The molecule has 0 spiro atoms. The van der Waals surface area contributed by atoms with E-state index in [4.69, 9.17) is 10.8 Å². The van der Waals surface area contributed by atoms with E-state index in [1.807, 2.05) is 4.57 Å². The van der Waals surface area contributed by atoms with Gasteiger partial charge in [0.05, 0.1) is 11.9 Å². The molecular weight excluding hydrogens is 218 g/mol. The Kier molecular flexibility index (Phi) is 3.19. The molecular formula is C12H19N3O2. The zero-order valence-corrected chi connectivity index (χ0v) is 10.3. The highest BCUT2D eigenvalue weighted by Gasteiger charge is 2.27. The van der Waals surface area contributed by atoms with Crippen LogP contribution in [0.25, 0.3) is 0 Å². The third kappa shape index (κ3) is 2.20. The van der Waals surface area contributed by atoms with Gasteiger partial charge < -0.3 is 15.4 Å². The summed E-state index contributed by atoms with van der Waals surface area (Å²) in [4.78, 5) is 15.4. The molecule has 0 saturated heterocycles. The molecule has 0 amide bonds. The van der Waals surface area contributed by atoms with Crippen molar-refractivity contribution < 1.29 is 9.90 Å². The molecule has 2 rings (SSSR count). The van der Waals surface area contributed by atoms with Gasteiger partial charge in [0, 0.05) is 6.42 Å². The van der Waals surface area contributed by atoms with Crippen molar-refractivity contribution in [3.8, 4) is 0 Å². The van der Waals surface area contributed by atoms with Gasteiger partial charge in [-0.3, -0.25) is 0 Å². The molecule has 1 aromatic rings. The van der Waals surface area contributed by atoms with Gasteiger partial charge in [-0.15, -0.1) is 0 Å². The molecule has 17 heavy (non-hydrogen) atoms. The number of nitrogens with zero attached hydrogens (tertiary/aromatic N) is 2. The first-order chi connectivity index (χ1) is 8.00. The summed E-state index contributed by atoms with van der Waals surface area (Å²) in [6.45, 7) is 4.19. The summed E-state index contributed by atoms with van der Waals surface area (Å²) in [5.41, 5.74) is 7.06. The van der Waals surface area contributed by atoms with Crippen LogP contribution in [-0.4, -0.2) is 20.6 Å². The molecule has 0 aliphatic carbocycles. The molecule has 1 aliphatic rings. The zero-order valence-electron chi connectivity index (χ0n) is 10.3. The van der Waals surface area contributed by atoms with E-state index >= 15 is 0 Å². The van der Waals surface area contributed by atoms with E-state index in [0.29, 0.717) is 5.92 Å². The van der Waals surface area contributed by atoms with Crippen LogP contribution in [-0.2, 0) is 12.8 Å². The van der Waals surface area contributed by atoms with Crippen LogP contribution in [0.1, 0.15) is 54.9 Å². The van der Waals surface area contributed by atoms with Crippen LogP contribution >= 0.6 is 0 Å². The molecule has 5 heteroatoms. The van der Waals surface area contributed by atoms with E-state index in [2.05, 4.69) is 18.8 Å². The number of carbonyl (C=O) groups is 1. The van der Waals surface area contributed by atoms with Gasteiger partial charge in [0.25, 0.3) is 0 Å². The fourth-order valence-corrected chi connectivity index (χ4v) is 2.44. The largest absolute Gasteiger partial charge is 0.476 e. The molecule has 1 atom stereocenters. The van der Waals surface area contributed by atoms with Crippen molar-refractivity contribution in [2.24, 2.45) is 11.7 Å². The zero-order chi connectivity index (χ0) is 12.6. The molecule has 2 heterocycles. The first kappa shape index (κ1) is 12.1. The average Bonchev–Trinajstić information content (AvgIpc) is 2.57. The topological polar surface area (TPSA) is 81.1 Å². The van der Waals surface area contributed by atoms with Crippen molar-refractivity contribution in [2.45, 2.75) is 45.7 Å². The number of imidazole rings is 1. The third-order valence-electron chi connectivity index (χ3n) is 3.12. The van der Waals surface area contributed by atoms with Gasteiger partial charge in [-0.05, 0) is 25.2 Å². The Morgan fingerprint density at radius 1 is 1.65 bits per heavy atom. The normalized spacial score (nSPS) is 19.4. The second-order valence-corrected chi connectivity index (χ2v) is 5.06. The summed E-state index contributed by atoms with van der Waals surface area (Å²) in [6, 6.07) is 0. The van der Waals surface area contributed by atoms with Gasteiger partial charge >= 0.3 is 5.97 Å². The molecule has 1 aromatic heterocycles. The molecule has 0 aromatic carbocycles. The molecule has 94 valence electrons. The number of aromatic carboxylic acids is 1. The summed E-state index contributed by atoms with van der Waals surface area (Å²) in [6.07, 6.45) is 3.25. The summed E-state index contributed by atoms with van der Waals surface area (Å²) in [7, 11) is 0. The SMILES string of the molecule is CC(C)Cc1nc(C(=O)O)c2n1C(N)CCC2. The minimum atomic E-state index is -0.946.